The van der Waals surface area contributed by atoms with Gasteiger partial charge in [-0.1, -0.05) is 12.1 Å². The molecule has 14 heavy (non-hydrogen) atoms. The predicted molar refractivity (Wildman–Crippen MR) is 53.7 cm³/mol. The predicted octanol–water partition coefficient (Wildman–Crippen LogP) is 1.47. The molecule has 0 bridgehead atoms. The number of hydrogen-bond acceptors (Lipinski definition) is 2. The van der Waals surface area contributed by atoms with E-state index < -0.39 is 0 Å². The highest BCUT2D eigenvalue weighted by atomic mass is 16.5. The van der Waals surface area contributed by atoms with Crippen LogP contribution < -0.4 is 4.74 Å². The lowest BCUT2D eigenvalue weighted by Gasteiger charge is -2.09. The zero-order chi connectivity index (χ0) is 9.54. The first kappa shape index (κ1) is 8.30. The summed E-state index contributed by atoms with van der Waals surface area (Å²) in [5.74, 6) is 1.08. The summed E-state index contributed by atoms with van der Waals surface area (Å²) < 4.78 is 5.75. The molecule has 0 spiro atoms. The normalized spacial score (nSPS) is 23.1. The third-order valence-electron chi connectivity index (χ3n) is 3.25. The molecule has 1 unspecified atom stereocenters. The molecule has 0 amide bonds. The second-order valence-corrected chi connectivity index (χ2v) is 4.17. The molecule has 74 valence electrons. The monoisotopic (exact) mass is 190 g/mol. The quantitative estimate of drug-likeness (QED) is 0.726. The van der Waals surface area contributed by atoms with Gasteiger partial charge in [0.05, 0.1) is 6.61 Å². The first-order valence-electron chi connectivity index (χ1n) is 5.29. The van der Waals surface area contributed by atoms with E-state index in [9.17, 15) is 0 Å². The molecule has 0 radical (unpaired) electrons. The highest BCUT2D eigenvalue weighted by Crippen LogP contribution is 2.38. The van der Waals surface area contributed by atoms with Gasteiger partial charge in [0.25, 0.3) is 0 Å². The van der Waals surface area contributed by atoms with E-state index in [4.69, 9.17) is 9.84 Å². The molecule has 2 heteroatoms. The molecule has 1 atom stereocenters. The van der Waals surface area contributed by atoms with Crippen LogP contribution in [0, 0.1) is 0 Å². The highest BCUT2D eigenvalue weighted by molar-refractivity contribution is 5.50. The van der Waals surface area contributed by atoms with Crippen molar-refractivity contribution in [3.05, 3.63) is 28.8 Å². The van der Waals surface area contributed by atoms with Gasteiger partial charge in [0.1, 0.15) is 11.9 Å². The minimum absolute atomic E-state index is 0.00269. The van der Waals surface area contributed by atoms with Crippen molar-refractivity contribution in [3.8, 4) is 5.75 Å². The van der Waals surface area contributed by atoms with E-state index in [-0.39, 0.29) is 12.7 Å². The lowest BCUT2D eigenvalue weighted by molar-refractivity contribution is 0.134. The van der Waals surface area contributed by atoms with Crippen molar-refractivity contribution < 1.29 is 9.84 Å². The van der Waals surface area contributed by atoms with Gasteiger partial charge in [0.15, 0.2) is 0 Å². The van der Waals surface area contributed by atoms with Crippen LogP contribution in [0.25, 0.3) is 0 Å². The van der Waals surface area contributed by atoms with E-state index in [1.54, 1.807) is 0 Å². The number of aliphatic hydroxyl groups is 1. The Balaban J connectivity index is 2.05. The standard InChI is InChI=1S/C12H14O2/c13-7-10-6-9-5-4-8-2-1-3-11(8)12(9)14-10/h4-5,10,13H,1-3,6-7H2. The number of fused-ring (bicyclic) bond motifs is 3. The SMILES string of the molecule is OCC1Cc2ccc3c(c2O1)CCC3. The highest BCUT2D eigenvalue weighted by Gasteiger charge is 2.27. The molecular formula is C12H14O2. The number of hydrogen-bond donors (Lipinski definition) is 1. The zero-order valence-electron chi connectivity index (χ0n) is 8.12. The van der Waals surface area contributed by atoms with Gasteiger partial charge in [-0.3, -0.25) is 0 Å². The molecule has 1 aromatic rings. The maximum Gasteiger partial charge on any atom is 0.126 e. The Labute approximate surface area is 83.5 Å². The van der Waals surface area contributed by atoms with Crippen molar-refractivity contribution >= 4 is 0 Å². The summed E-state index contributed by atoms with van der Waals surface area (Å²) in [6.07, 6.45) is 4.46. The summed E-state index contributed by atoms with van der Waals surface area (Å²) in [4.78, 5) is 0. The molecule has 1 aliphatic heterocycles. The molecule has 2 aliphatic rings. The Hall–Kier alpha value is -1.02. The van der Waals surface area contributed by atoms with Crippen molar-refractivity contribution in [1.29, 1.82) is 0 Å². The molecule has 1 heterocycles. The number of aryl methyl sites for hydroxylation is 1. The van der Waals surface area contributed by atoms with Gasteiger partial charge in [-0.05, 0) is 36.0 Å². The molecule has 1 aromatic carbocycles. The lowest BCUT2D eigenvalue weighted by Crippen LogP contribution is -2.17. The van der Waals surface area contributed by atoms with Gasteiger partial charge in [0, 0.05) is 6.42 Å². The summed E-state index contributed by atoms with van der Waals surface area (Å²) in [7, 11) is 0. The number of aliphatic hydroxyl groups excluding tert-OH is 1. The van der Waals surface area contributed by atoms with Gasteiger partial charge < -0.3 is 9.84 Å². The van der Waals surface area contributed by atoms with Crippen molar-refractivity contribution in [2.24, 2.45) is 0 Å². The average molecular weight is 190 g/mol. The number of rotatable bonds is 1. The maximum atomic E-state index is 9.06. The number of benzene rings is 1. The van der Waals surface area contributed by atoms with E-state index in [1.165, 1.54) is 29.5 Å². The van der Waals surface area contributed by atoms with Gasteiger partial charge in [0.2, 0.25) is 0 Å². The minimum Gasteiger partial charge on any atom is -0.487 e. The van der Waals surface area contributed by atoms with Crippen LogP contribution >= 0.6 is 0 Å². The van der Waals surface area contributed by atoms with Crippen LogP contribution in [0.1, 0.15) is 23.1 Å². The van der Waals surface area contributed by atoms with Crippen LogP contribution in [0.15, 0.2) is 12.1 Å². The summed E-state index contributed by atoms with van der Waals surface area (Å²) in [6.45, 7) is 0.128. The van der Waals surface area contributed by atoms with Crippen LogP contribution in [-0.2, 0) is 19.3 Å². The fourth-order valence-electron chi connectivity index (χ4n) is 2.54. The van der Waals surface area contributed by atoms with E-state index in [1.807, 2.05) is 0 Å². The second kappa shape index (κ2) is 2.99. The Morgan fingerprint density at radius 2 is 2.14 bits per heavy atom. The molecule has 0 saturated carbocycles. The van der Waals surface area contributed by atoms with Crippen LogP contribution in [0.4, 0.5) is 0 Å². The van der Waals surface area contributed by atoms with E-state index in [0.717, 1.165) is 18.6 Å². The fourth-order valence-corrected chi connectivity index (χ4v) is 2.54. The second-order valence-electron chi connectivity index (χ2n) is 4.17. The van der Waals surface area contributed by atoms with Gasteiger partial charge in [-0.15, -0.1) is 0 Å². The topological polar surface area (TPSA) is 29.5 Å². The third kappa shape index (κ3) is 1.07. The van der Waals surface area contributed by atoms with Crippen molar-refractivity contribution in [2.75, 3.05) is 6.61 Å². The molecule has 0 aromatic heterocycles. The lowest BCUT2D eigenvalue weighted by atomic mass is 10.0. The Bertz CT molecular complexity index is 371. The molecular weight excluding hydrogens is 176 g/mol. The molecule has 2 nitrogen and oxygen atoms in total. The third-order valence-corrected chi connectivity index (χ3v) is 3.25. The minimum atomic E-state index is -0.00269. The Kier molecular flexibility index (Phi) is 1.77. The van der Waals surface area contributed by atoms with Crippen LogP contribution in [-0.4, -0.2) is 17.8 Å². The van der Waals surface area contributed by atoms with Crippen LogP contribution in [0.3, 0.4) is 0 Å². The van der Waals surface area contributed by atoms with Crippen LogP contribution in [0.2, 0.25) is 0 Å². The molecule has 0 fully saturated rings. The molecule has 1 N–H and O–H groups in total. The largest absolute Gasteiger partial charge is 0.487 e. The van der Waals surface area contributed by atoms with E-state index >= 15 is 0 Å². The maximum absolute atomic E-state index is 9.06. The average Bonchev–Trinajstić information content (AvgIpc) is 2.82. The summed E-state index contributed by atoms with van der Waals surface area (Å²) in [6, 6.07) is 4.39. The first-order valence-corrected chi connectivity index (χ1v) is 5.29. The summed E-state index contributed by atoms with van der Waals surface area (Å²) in [5.41, 5.74) is 4.13. The Morgan fingerprint density at radius 1 is 1.29 bits per heavy atom. The fraction of sp³-hybridized carbons (Fsp3) is 0.500. The van der Waals surface area contributed by atoms with Crippen LogP contribution in [0.5, 0.6) is 5.75 Å². The first-order chi connectivity index (χ1) is 6.88. The van der Waals surface area contributed by atoms with Gasteiger partial charge >= 0.3 is 0 Å². The van der Waals surface area contributed by atoms with Gasteiger partial charge in [-0.2, -0.15) is 0 Å². The van der Waals surface area contributed by atoms with Crippen molar-refractivity contribution in [1.82, 2.24) is 0 Å². The Morgan fingerprint density at radius 3 is 3.00 bits per heavy atom. The van der Waals surface area contributed by atoms with Gasteiger partial charge in [-0.25, -0.2) is 0 Å². The molecule has 3 rings (SSSR count). The van der Waals surface area contributed by atoms with Crippen molar-refractivity contribution in [2.45, 2.75) is 31.8 Å². The van der Waals surface area contributed by atoms with E-state index in [2.05, 4.69) is 12.1 Å². The molecule has 0 saturated heterocycles. The summed E-state index contributed by atoms with van der Waals surface area (Å²) in [5, 5.41) is 9.06. The van der Waals surface area contributed by atoms with E-state index in [0.29, 0.717) is 0 Å². The molecule has 1 aliphatic carbocycles. The zero-order valence-corrected chi connectivity index (χ0v) is 8.12. The van der Waals surface area contributed by atoms with Crippen molar-refractivity contribution in [3.63, 3.8) is 0 Å². The summed E-state index contributed by atoms with van der Waals surface area (Å²) >= 11 is 0. The number of ether oxygens (including phenoxy) is 1. The smallest absolute Gasteiger partial charge is 0.126 e.